The van der Waals surface area contributed by atoms with E-state index in [1.165, 1.54) is 0 Å². The van der Waals surface area contributed by atoms with Gasteiger partial charge in [-0.2, -0.15) is 13.2 Å². The van der Waals surface area contributed by atoms with Crippen LogP contribution >= 0.6 is 11.6 Å². The van der Waals surface area contributed by atoms with Crippen molar-refractivity contribution in [3.8, 4) is 11.1 Å². The highest BCUT2D eigenvalue weighted by Crippen LogP contribution is 2.38. The summed E-state index contributed by atoms with van der Waals surface area (Å²) in [6, 6.07) is 10.6. The summed E-state index contributed by atoms with van der Waals surface area (Å²) in [5.74, 6) is -0.775. The number of benzene rings is 1. The molecule has 0 spiro atoms. The average molecular weight is 515 g/mol. The number of halogens is 4. The van der Waals surface area contributed by atoms with Crippen LogP contribution < -0.4 is 10.6 Å². The van der Waals surface area contributed by atoms with E-state index in [9.17, 15) is 18.0 Å². The first kappa shape index (κ1) is 25.9. The second-order valence-electron chi connectivity index (χ2n) is 8.77. The Morgan fingerprint density at radius 1 is 1.19 bits per heavy atom. The second kappa shape index (κ2) is 10.8. The number of hydrogen-bond acceptors (Lipinski definition) is 4. The molecule has 1 saturated heterocycles. The number of aromatic nitrogens is 2. The van der Waals surface area contributed by atoms with Crippen LogP contribution in [-0.4, -0.2) is 22.4 Å². The van der Waals surface area contributed by atoms with Crippen molar-refractivity contribution in [2.75, 3.05) is 6.54 Å². The largest absolute Gasteiger partial charge is 0.417 e. The quantitative estimate of drug-likeness (QED) is 0.364. The lowest BCUT2D eigenvalue weighted by Gasteiger charge is -2.40. The predicted octanol–water partition coefficient (Wildman–Crippen LogP) is 6.29. The molecule has 0 bridgehead atoms. The Bertz CT molecular complexity index is 1240. The molecular weight excluding hydrogens is 489 g/mol. The lowest BCUT2D eigenvalue weighted by atomic mass is 9.76. The zero-order valence-corrected chi connectivity index (χ0v) is 20.3. The molecule has 1 fully saturated rings. The van der Waals surface area contributed by atoms with Crippen molar-refractivity contribution in [1.82, 2.24) is 20.6 Å². The van der Waals surface area contributed by atoms with Gasteiger partial charge < -0.3 is 10.6 Å². The number of piperidine rings is 1. The Morgan fingerprint density at radius 2 is 2.03 bits per heavy atom. The van der Waals surface area contributed by atoms with Crippen molar-refractivity contribution in [1.29, 1.82) is 0 Å². The van der Waals surface area contributed by atoms with Gasteiger partial charge in [0, 0.05) is 30.7 Å². The van der Waals surface area contributed by atoms with Crippen LogP contribution in [0.5, 0.6) is 0 Å². The molecule has 3 heterocycles. The summed E-state index contributed by atoms with van der Waals surface area (Å²) in [7, 11) is 0. The van der Waals surface area contributed by atoms with Crippen molar-refractivity contribution < 1.29 is 18.0 Å². The third-order valence-electron chi connectivity index (χ3n) is 6.46. The van der Waals surface area contributed by atoms with Gasteiger partial charge in [-0.3, -0.25) is 9.78 Å². The molecule has 1 aliphatic rings. The third-order valence-corrected chi connectivity index (χ3v) is 6.84. The van der Waals surface area contributed by atoms with E-state index in [0.717, 1.165) is 60.3 Å². The molecule has 5 nitrogen and oxygen atoms in total. The third kappa shape index (κ3) is 5.44. The number of alkyl halides is 3. The van der Waals surface area contributed by atoms with Crippen LogP contribution in [0.4, 0.5) is 13.2 Å². The Kier molecular flexibility index (Phi) is 7.76. The molecule has 0 radical (unpaired) electrons. The lowest BCUT2D eigenvalue weighted by molar-refractivity contribution is -0.137. The number of nitrogens with one attached hydrogen (secondary N) is 2. The fourth-order valence-corrected chi connectivity index (χ4v) is 5.00. The van der Waals surface area contributed by atoms with Gasteiger partial charge in [-0.15, -0.1) is 6.58 Å². The fraction of sp³-hybridized carbons (Fsp3) is 0.296. The summed E-state index contributed by atoms with van der Waals surface area (Å²) < 4.78 is 39.7. The molecule has 0 saturated carbocycles. The molecule has 1 aliphatic heterocycles. The maximum Gasteiger partial charge on any atom is 0.417 e. The van der Waals surface area contributed by atoms with E-state index in [1.807, 2.05) is 30.3 Å². The van der Waals surface area contributed by atoms with Gasteiger partial charge in [-0.05, 0) is 72.7 Å². The highest BCUT2D eigenvalue weighted by Gasteiger charge is 2.36. The minimum atomic E-state index is -4.69. The first-order valence-electron chi connectivity index (χ1n) is 11.6. The molecule has 2 aromatic heterocycles. The van der Waals surface area contributed by atoms with Crippen LogP contribution in [-0.2, 0) is 18.3 Å². The number of hydrogen-bond donors (Lipinski definition) is 2. The zero-order valence-electron chi connectivity index (χ0n) is 19.5. The monoisotopic (exact) mass is 514 g/mol. The van der Waals surface area contributed by atoms with E-state index < -0.39 is 28.4 Å². The van der Waals surface area contributed by atoms with Crippen LogP contribution in [0.1, 0.15) is 52.9 Å². The number of rotatable bonds is 7. The van der Waals surface area contributed by atoms with Crippen LogP contribution in [0.25, 0.3) is 11.1 Å². The second-order valence-corrected chi connectivity index (χ2v) is 9.15. The summed E-state index contributed by atoms with van der Waals surface area (Å²) in [6.45, 7) is 4.89. The SMILES string of the molecule is C=CC[C@]1(c2cc(-c3cccnc3)ccc2CNC(=O)c2nccc(C(F)(F)F)c2Cl)CCCCN1. The first-order valence-corrected chi connectivity index (χ1v) is 12.0. The highest BCUT2D eigenvalue weighted by molar-refractivity contribution is 6.34. The maximum atomic E-state index is 13.2. The topological polar surface area (TPSA) is 66.9 Å². The summed E-state index contributed by atoms with van der Waals surface area (Å²) >= 11 is 5.90. The number of pyridine rings is 2. The van der Waals surface area contributed by atoms with Gasteiger partial charge >= 0.3 is 6.18 Å². The Morgan fingerprint density at radius 3 is 2.69 bits per heavy atom. The number of amides is 1. The van der Waals surface area contributed by atoms with Gasteiger partial charge in [-0.1, -0.05) is 35.9 Å². The summed E-state index contributed by atoms with van der Waals surface area (Å²) in [4.78, 5) is 20.8. The van der Waals surface area contributed by atoms with E-state index >= 15 is 0 Å². The van der Waals surface area contributed by atoms with Crippen molar-refractivity contribution in [3.63, 3.8) is 0 Å². The Labute approximate surface area is 212 Å². The summed E-state index contributed by atoms with van der Waals surface area (Å²) in [6.07, 6.45) is 5.30. The van der Waals surface area contributed by atoms with E-state index in [1.54, 1.807) is 12.4 Å². The fourth-order valence-electron chi connectivity index (χ4n) is 4.70. The number of carbonyl (C=O) groups excluding carboxylic acids is 1. The molecule has 36 heavy (non-hydrogen) atoms. The van der Waals surface area contributed by atoms with Gasteiger partial charge in [0.15, 0.2) is 0 Å². The molecule has 188 valence electrons. The zero-order chi connectivity index (χ0) is 25.8. The Balaban J connectivity index is 1.69. The van der Waals surface area contributed by atoms with Crippen LogP contribution in [0, 0.1) is 0 Å². The molecule has 3 aromatic rings. The van der Waals surface area contributed by atoms with Crippen molar-refractivity contribution in [2.24, 2.45) is 0 Å². The predicted molar refractivity (Wildman–Crippen MR) is 133 cm³/mol. The standard InChI is InChI=1S/C27H26ClF3N4O/c1-2-10-26(11-3-4-13-35-26)22-15-18(19-6-5-12-32-16-19)7-8-20(22)17-34-25(36)24-23(28)21(9-14-33-24)27(29,30)31/h2,5-9,12,14-16,35H,1,3-4,10-11,13,17H2,(H,34,36)/t26-/m1/s1. The highest BCUT2D eigenvalue weighted by atomic mass is 35.5. The van der Waals surface area contributed by atoms with E-state index in [2.05, 4.69) is 33.2 Å². The molecule has 2 N–H and O–H groups in total. The van der Waals surface area contributed by atoms with E-state index in [-0.39, 0.29) is 12.1 Å². The number of carbonyl (C=O) groups is 1. The Hall–Kier alpha value is -3.23. The molecule has 9 heteroatoms. The molecule has 1 aromatic carbocycles. The average Bonchev–Trinajstić information content (AvgIpc) is 2.88. The van der Waals surface area contributed by atoms with Gasteiger partial charge in [0.25, 0.3) is 5.91 Å². The van der Waals surface area contributed by atoms with E-state index in [4.69, 9.17) is 11.6 Å². The molecule has 4 rings (SSSR count). The normalized spacial score (nSPS) is 18.0. The van der Waals surface area contributed by atoms with Crippen LogP contribution in [0.2, 0.25) is 5.02 Å². The van der Waals surface area contributed by atoms with Crippen LogP contribution in [0.15, 0.2) is 67.6 Å². The van der Waals surface area contributed by atoms with Gasteiger partial charge in [0.05, 0.1) is 10.6 Å². The van der Waals surface area contributed by atoms with Crippen molar-refractivity contribution in [3.05, 3.63) is 95.1 Å². The van der Waals surface area contributed by atoms with Crippen molar-refractivity contribution >= 4 is 17.5 Å². The summed E-state index contributed by atoms with van der Waals surface area (Å²) in [5, 5.41) is 5.66. The van der Waals surface area contributed by atoms with E-state index in [0.29, 0.717) is 6.42 Å². The van der Waals surface area contributed by atoms with Crippen LogP contribution in [0.3, 0.4) is 0 Å². The minimum absolute atomic E-state index is 0.0936. The minimum Gasteiger partial charge on any atom is -0.347 e. The molecule has 0 aliphatic carbocycles. The molecule has 0 unspecified atom stereocenters. The molecule has 1 atom stereocenters. The number of nitrogens with zero attached hydrogens (tertiary/aromatic N) is 2. The van der Waals surface area contributed by atoms with Crippen molar-refractivity contribution in [2.45, 2.75) is 43.9 Å². The molecule has 1 amide bonds. The maximum absolute atomic E-state index is 13.2. The smallest absolute Gasteiger partial charge is 0.347 e. The summed E-state index contributed by atoms with van der Waals surface area (Å²) in [5.41, 5.74) is 1.86. The van der Waals surface area contributed by atoms with Gasteiger partial charge in [0.2, 0.25) is 0 Å². The van der Waals surface area contributed by atoms with Gasteiger partial charge in [-0.25, -0.2) is 4.98 Å². The lowest BCUT2D eigenvalue weighted by Crippen LogP contribution is -2.46. The first-order chi connectivity index (χ1) is 17.2. The molecular formula is C27H26ClF3N4O. The van der Waals surface area contributed by atoms with Gasteiger partial charge in [0.1, 0.15) is 5.69 Å².